The molecule has 0 rings (SSSR count). The first-order chi connectivity index (χ1) is 7.05. The third-order valence-corrected chi connectivity index (χ3v) is 3.23. The maximum Gasteiger partial charge on any atom is 0.0644 e. The molecule has 3 heteroatoms. The molecule has 2 nitrogen and oxygen atoms in total. The van der Waals surface area contributed by atoms with Gasteiger partial charge in [-0.3, -0.25) is 0 Å². The molecule has 0 amide bonds. The highest BCUT2D eigenvalue weighted by Gasteiger charge is 2.16. The molecular formula is C12H26O2S. The molecule has 0 heterocycles. The lowest BCUT2D eigenvalue weighted by Gasteiger charge is -2.23. The second-order valence-electron chi connectivity index (χ2n) is 4.63. The lowest BCUT2D eigenvalue weighted by Crippen LogP contribution is -2.25. The van der Waals surface area contributed by atoms with E-state index in [9.17, 15) is 0 Å². The van der Waals surface area contributed by atoms with Crippen molar-refractivity contribution in [1.29, 1.82) is 0 Å². The van der Waals surface area contributed by atoms with Crippen molar-refractivity contribution >= 4 is 12.6 Å². The van der Waals surface area contributed by atoms with Gasteiger partial charge in [0.25, 0.3) is 0 Å². The van der Waals surface area contributed by atoms with Crippen molar-refractivity contribution in [1.82, 2.24) is 0 Å². The minimum Gasteiger partial charge on any atom is -0.381 e. The van der Waals surface area contributed by atoms with Crippen LogP contribution in [0.4, 0.5) is 0 Å². The first-order valence-electron chi connectivity index (χ1n) is 5.79. The minimum absolute atomic E-state index is 0.0682. The lowest BCUT2D eigenvalue weighted by atomic mass is 10.1. The summed E-state index contributed by atoms with van der Waals surface area (Å²) in [7, 11) is 1.74. The number of hydrogen-bond donors (Lipinski definition) is 1. The standard InChI is InChI=1S/C12H26O2S/c1-5-6-11(10-15)9-14-8-7-12(2,3)13-4/h11,15H,5-10H2,1-4H3. The zero-order valence-electron chi connectivity index (χ0n) is 10.6. The second-order valence-corrected chi connectivity index (χ2v) is 4.99. The maximum atomic E-state index is 5.65. The van der Waals surface area contributed by atoms with Gasteiger partial charge >= 0.3 is 0 Å². The van der Waals surface area contributed by atoms with Crippen molar-refractivity contribution in [2.24, 2.45) is 5.92 Å². The number of rotatable bonds is 9. The highest BCUT2D eigenvalue weighted by molar-refractivity contribution is 7.80. The van der Waals surface area contributed by atoms with Crippen molar-refractivity contribution in [2.75, 3.05) is 26.1 Å². The Morgan fingerprint density at radius 1 is 1.33 bits per heavy atom. The average Bonchev–Trinajstić information content (AvgIpc) is 2.22. The zero-order valence-corrected chi connectivity index (χ0v) is 11.5. The van der Waals surface area contributed by atoms with Gasteiger partial charge in [-0.1, -0.05) is 13.3 Å². The van der Waals surface area contributed by atoms with E-state index >= 15 is 0 Å². The summed E-state index contributed by atoms with van der Waals surface area (Å²) in [4.78, 5) is 0. The first kappa shape index (κ1) is 15.3. The Morgan fingerprint density at radius 3 is 2.47 bits per heavy atom. The monoisotopic (exact) mass is 234 g/mol. The minimum atomic E-state index is -0.0682. The SMILES string of the molecule is CCCC(CS)COCCC(C)(C)OC. The van der Waals surface area contributed by atoms with Crippen LogP contribution < -0.4 is 0 Å². The van der Waals surface area contributed by atoms with Gasteiger partial charge in [0.1, 0.15) is 0 Å². The van der Waals surface area contributed by atoms with Gasteiger partial charge < -0.3 is 9.47 Å². The summed E-state index contributed by atoms with van der Waals surface area (Å²) in [6.45, 7) is 7.97. The van der Waals surface area contributed by atoms with Crippen LogP contribution in [0.2, 0.25) is 0 Å². The topological polar surface area (TPSA) is 18.5 Å². The first-order valence-corrected chi connectivity index (χ1v) is 6.42. The van der Waals surface area contributed by atoms with E-state index in [1.165, 1.54) is 12.8 Å². The number of methoxy groups -OCH3 is 1. The lowest BCUT2D eigenvalue weighted by molar-refractivity contribution is -0.0137. The van der Waals surface area contributed by atoms with Crippen molar-refractivity contribution in [3.8, 4) is 0 Å². The van der Waals surface area contributed by atoms with Crippen molar-refractivity contribution in [3.63, 3.8) is 0 Å². The quantitative estimate of drug-likeness (QED) is 0.488. The molecule has 0 N–H and O–H groups in total. The summed E-state index contributed by atoms with van der Waals surface area (Å²) in [5.41, 5.74) is -0.0682. The fraction of sp³-hybridized carbons (Fsp3) is 1.00. The van der Waals surface area contributed by atoms with Gasteiger partial charge in [0.05, 0.1) is 12.2 Å². The molecule has 15 heavy (non-hydrogen) atoms. The van der Waals surface area contributed by atoms with E-state index in [1.807, 2.05) is 0 Å². The van der Waals surface area contributed by atoms with Crippen molar-refractivity contribution in [2.45, 2.75) is 45.6 Å². The molecule has 1 unspecified atom stereocenters. The fourth-order valence-corrected chi connectivity index (χ4v) is 1.59. The Balaban J connectivity index is 3.52. The second kappa shape index (κ2) is 8.43. The molecule has 0 fully saturated rings. The fourth-order valence-electron chi connectivity index (χ4n) is 1.31. The van der Waals surface area contributed by atoms with Gasteiger partial charge in [0, 0.05) is 13.7 Å². The van der Waals surface area contributed by atoms with Crippen LogP contribution in [0.3, 0.4) is 0 Å². The van der Waals surface area contributed by atoms with E-state index in [0.29, 0.717) is 5.92 Å². The normalized spacial score (nSPS) is 14.2. The van der Waals surface area contributed by atoms with Gasteiger partial charge in [-0.15, -0.1) is 0 Å². The van der Waals surface area contributed by atoms with E-state index in [0.717, 1.165) is 25.4 Å². The highest BCUT2D eigenvalue weighted by Crippen LogP contribution is 2.14. The van der Waals surface area contributed by atoms with Crippen LogP contribution >= 0.6 is 12.6 Å². The smallest absolute Gasteiger partial charge is 0.0644 e. The van der Waals surface area contributed by atoms with Crippen LogP contribution in [0, 0.1) is 5.92 Å². The van der Waals surface area contributed by atoms with Crippen LogP contribution in [-0.2, 0) is 9.47 Å². The molecule has 0 aromatic rings. The Labute approximate surface area is 100 Å². The third-order valence-electron chi connectivity index (χ3n) is 2.71. The third kappa shape index (κ3) is 8.12. The van der Waals surface area contributed by atoms with E-state index < -0.39 is 0 Å². The predicted molar refractivity (Wildman–Crippen MR) is 68.8 cm³/mol. The molecule has 0 spiro atoms. The van der Waals surface area contributed by atoms with Gasteiger partial charge in [-0.25, -0.2) is 0 Å². The van der Waals surface area contributed by atoms with E-state index in [-0.39, 0.29) is 5.60 Å². The van der Waals surface area contributed by atoms with Crippen LogP contribution in [0.5, 0.6) is 0 Å². The Bertz CT molecular complexity index is 149. The maximum absolute atomic E-state index is 5.65. The summed E-state index contributed by atoms with van der Waals surface area (Å²) >= 11 is 4.32. The largest absolute Gasteiger partial charge is 0.381 e. The Kier molecular flexibility index (Phi) is 8.58. The molecule has 0 aliphatic rings. The van der Waals surface area contributed by atoms with Crippen molar-refractivity contribution in [3.05, 3.63) is 0 Å². The molecule has 0 radical (unpaired) electrons. The predicted octanol–water partition coefficient (Wildman–Crippen LogP) is 3.16. The number of hydrogen-bond acceptors (Lipinski definition) is 3. The molecule has 0 aromatic heterocycles. The van der Waals surface area contributed by atoms with E-state index in [1.54, 1.807) is 7.11 Å². The molecule has 92 valence electrons. The Hall–Kier alpha value is 0.270. The van der Waals surface area contributed by atoms with Gasteiger partial charge in [0.2, 0.25) is 0 Å². The van der Waals surface area contributed by atoms with Gasteiger partial charge in [-0.05, 0) is 38.4 Å². The highest BCUT2D eigenvalue weighted by atomic mass is 32.1. The van der Waals surface area contributed by atoms with Gasteiger partial charge in [0.15, 0.2) is 0 Å². The van der Waals surface area contributed by atoms with Gasteiger partial charge in [-0.2, -0.15) is 12.6 Å². The van der Waals surface area contributed by atoms with Crippen molar-refractivity contribution < 1.29 is 9.47 Å². The molecule has 0 aromatic carbocycles. The summed E-state index contributed by atoms with van der Waals surface area (Å²) in [6.07, 6.45) is 3.35. The van der Waals surface area contributed by atoms with Crippen LogP contribution in [-0.4, -0.2) is 31.7 Å². The Morgan fingerprint density at radius 2 is 2.00 bits per heavy atom. The number of thiol groups is 1. The van der Waals surface area contributed by atoms with E-state index in [2.05, 4.69) is 33.4 Å². The van der Waals surface area contributed by atoms with Crippen LogP contribution in [0.1, 0.15) is 40.0 Å². The molecule has 0 aliphatic carbocycles. The van der Waals surface area contributed by atoms with Crippen LogP contribution in [0.15, 0.2) is 0 Å². The summed E-state index contributed by atoms with van der Waals surface area (Å²) in [6, 6.07) is 0. The number of ether oxygens (including phenoxy) is 2. The molecule has 0 saturated carbocycles. The summed E-state index contributed by atoms with van der Waals surface area (Å²) in [5, 5.41) is 0. The molecule has 0 saturated heterocycles. The zero-order chi connectivity index (χ0) is 11.7. The van der Waals surface area contributed by atoms with Crippen LogP contribution in [0.25, 0.3) is 0 Å². The molecule has 0 aliphatic heterocycles. The molecule has 0 bridgehead atoms. The molecular weight excluding hydrogens is 208 g/mol. The summed E-state index contributed by atoms with van der Waals surface area (Å²) in [5.74, 6) is 1.52. The summed E-state index contributed by atoms with van der Waals surface area (Å²) < 4.78 is 11.0. The van der Waals surface area contributed by atoms with E-state index in [4.69, 9.17) is 9.47 Å². The average molecular weight is 234 g/mol. The molecule has 1 atom stereocenters.